The molecular weight excluding hydrogens is 247 g/mol. The maximum atomic E-state index is 13.3. The third kappa shape index (κ3) is 3.23. The fraction of sp³-hybridized carbons (Fsp3) is 0.200. The number of methoxy groups -OCH3 is 2. The molecule has 0 N–H and O–H groups in total. The summed E-state index contributed by atoms with van der Waals surface area (Å²) >= 11 is 0. The summed E-state index contributed by atoms with van der Waals surface area (Å²) < 4.78 is 29.3. The van der Waals surface area contributed by atoms with Gasteiger partial charge in [0.15, 0.2) is 11.5 Å². The van der Waals surface area contributed by atoms with Crippen molar-refractivity contribution in [2.45, 2.75) is 6.29 Å². The Balaban J connectivity index is 2.26. The van der Waals surface area contributed by atoms with Crippen LogP contribution in [-0.4, -0.2) is 14.2 Å². The molecule has 0 radical (unpaired) electrons. The van der Waals surface area contributed by atoms with Crippen LogP contribution in [0.25, 0.3) is 0 Å². The number of hydrogen-bond acceptors (Lipinski definition) is 3. The van der Waals surface area contributed by atoms with Crippen molar-refractivity contribution in [3.8, 4) is 11.5 Å². The van der Waals surface area contributed by atoms with Gasteiger partial charge in [-0.3, -0.25) is 0 Å². The van der Waals surface area contributed by atoms with Gasteiger partial charge in [0, 0.05) is 18.7 Å². The van der Waals surface area contributed by atoms with Gasteiger partial charge in [-0.05, 0) is 12.1 Å². The molecule has 0 bridgehead atoms. The third-order valence-electron chi connectivity index (χ3n) is 2.65. The lowest BCUT2D eigenvalue weighted by Gasteiger charge is -2.19. The van der Waals surface area contributed by atoms with E-state index in [1.807, 2.05) is 30.3 Å². The van der Waals surface area contributed by atoms with Crippen molar-refractivity contribution < 1.29 is 18.6 Å². The zero-order valence-electron chi connectivity index (χ0n) is 10.8. The van der Waals surface area contributed by atoms with Crippen molar-refractivity contribution in [2.24, 2.45) is 0 Å². The van der Waals surface area contributed by atoms with E-state index >= 15 is 0 Å². The molecule has 2 rings (SSSR count). The maximum absolute atomic E-state index is 13.3. The molecule has 0 amide bonds. The SMILES string of the molecule is COc1ccc(F)cc1OC(OC)c1ccccc1. The first-order valence-corrected chi connectivity index (χ1v) is 5.82. The highest BCUT2D eigenvalue weighted by molar-refractivity contribution is 5.40. The first kappa shape index (κ1) is 13.4. The first-order chi connectivity index (χ1) is 9.24. The lowest BCUT2D eigenvalue weighted by Crippen LogP contribution is -2.10. The minimum Gasteiger partial charge on any atom is -0.493 e. The molecule has 1 unspecified atom stereocenters. The highest BCUT2D eigenvalue weighted by atomic mass is 19.1. The van der Waals surface area contributed by atoms with Crippen molar-refractivity contribution in [1.82, 2.24) is 0 Å². The fourth-order valence-corrected chi connectivity index (χ4v) is 1.72. The normalized spacial score (nSPS) is 11.9. The number of benzene rings is 2. The van der Waals surface area contributed by atoms with Crippen molar-refractivity contribution in [3.63, 3.8) is 0 Å². The molecule has 4 heteroatoms. The molecule has 0 heterocycles. The van der Waals surface area contributed by atoms with Gasteiger partial charge >= 0.3 is 0 Å². The predicted octanol–water partition coefficient (Wildman–Crippen LogP) is 3.56. The lowest BCUT2D eigenvalue weighted by molar-refractivity contribution is -0.0575. The molecule has 0 aliphatic carbocycles. The molecule has 0 aliphatic rings. The fourth-order valence-electron chi connectivity index (χ4n) is 1.72. The highest BCUT2D eigenvalue weighted by Gasteiger charge is 2.15. The Hall–Kier alpha value is -2.07. The van der Waals surface area contributed by atoms with Crippen LogP contribution >= 0.6 is 0 Å². The van der Waals surface area contributed by atoms with Gasteiger partial charge in [-0.25, -0.2) is 4.39 Å². The summed E-state index contributed by atoms with van der Waals surface area (Å²) in [4.78, 5) is 0. The number of ether oxygens (including phenoxy) is 3. The predicted molar refractivity (Wildman–Crippen MR) is 69.8 cm³/mol. The molecule has 2 aromatic rings. The number of halogens is 1. The summed E-state index contributed by atoms with van der Waals surface area (Å²) in [5.74, 6) is 0.372. The van der Waals surface area contributed by atoms with Gasteiger partial charge in [-0.15, -0.1) is 0 Å². The van der Waals surface area contributed by atoms with E-state index in [1.165, 1.54) is 32.4 Å². The van der Waals surface area contributed by atoms with Crippen LogP contribution in [0.5, 0.6) is 11.5 Å². The molecule has 0 saturated carbocycles. The zero-order valence-corrected chi connectivity index (χ0v) is 10.8. The summed E-state index contributed by atoms with van der Waals surface area (Å²) in [7, 11) is 3.04. The Morgan fingerprint density at radius 3 is 2.32 bits per heavy atom. The quantitative estimate of drug-likeness (QED) is 0.771. The summed E-state index contributed by atoms with van der Waals surface area (Å²) in [5, 5.41) is 0. The lowest BCUT2D eigenvalue weighted by atomic mass is 10.2. The minimum absolute atomic E-state index is 0.304. The van der Waals surface area contributed by atoms with Crippen LogP contribution in [-0.2, 0) is 4.74 Å². The number of hydrogen-bond donors (Lipinski definition) is 0. The average Bonchev–Trinajstić information content (AvgIpc) is 2.46. The Kier molecular flexibility index (Phi) is 4.36. The van der Waals surface area contributed by atoms with Gasteiger partial charge in [0.05, 0.1) is 7.11 Å². The highest BCUT2D eigenvalue weighted by Crippen LogP contribution is 2.32. The second-order valence-corrected chi connectivity index (χ2v) is 3.89. The van der Waals surface area contributed by atoms with Gasteiger partial charge in [-0.1, -0.05) is 30.3 Å². The van der Waals surface area contributed by atoms with Crippen LogP contribution < -0.4 is 9.47 Å². The molecule has 0 aromatic heterocycles. The van der Waals surface area contributed by atoms with Crippen molar-refractivity contribution in [3.05, 3.63) is 59.9 Å². The van der Waals surface area contributed by atoms with E-state index in [0.717, 1.165) is 5.56 Å². The molecule has 0 spiro atoms. The van der Waals surface area contributed by atoms with E-state index in [4.69, 9.17) is 14.2 Å². The van der Waals surface area contributed by atoms with E-state index in [0.29, 0.717) is 11.5 Å². The van der Waals surface area contributed by atoms with Crippen molar-refractivity contribution >= 4 is 0 Å². The second-order valence-electron chi connectivity index (χ2n) is 3.89. The van der Waals surface area contributed by atoms with Crippen LogP contribution in [0.3, 0.4) is 0 Å². The molecule has 3 nitrogen and oxygen atoms in total. The topological polar surface area (TPSA) is 27.7 Å². The van der Waals surface area contributed by atoms with Gasteiger partial charge in [0.25, 0.3) is 0 Å². The summed E-state index contributed by atoms with van der Waals surface area (Å²) in [6, 6.07) is 13.5. The monoisotopic (exact) mass is 262 g/mol. The summed E-state index contributed by atoms with van der Waals surface area (Å²) in [6.45, 7) is 0. The van der Waals surface area contributed by atoms with E-state index in [-0.39, 0.29) is 0 Å². The van der Waals surface area contributed by atoms with Gasteiger partial charge in [0.2, 0.25) is 6.29 Å². The maximum Gasteiger partial charge on any atom is 0.226 e. The summed E-state index contributed by atoms with van der Waals surface area (Å²) in [6.07, 6.45) is -0.614. The van der Waals surface area contributed by atoms with Gasteiger partial charge in [-0.2, -0.15) is 0 Å². The number of rotatable bonds is 5. The van der Waals surface area contributed by atoms with Crippen molar-refractivity contribution in [1.29, 1.82) is 0 Å². The second kappa shape index (κ2) is 6.20. The molecule has 100 valence electrons. The van der Waals surface area contributed by atoms with Crippen LogP contribution in [0.15, 0.2) is 48.5 Å². The van der Waals surface area contributed by atoms with Crippen LogP contribution in [0.1, 0.15) is 11.9 Å². The zero-order chi connectivity index (χ0) is 13.7. The smallest absolute Gasteiger partial charge is 0.226 e. The van der Waals surface area contributed by atoms with Crippen LogP contribution in [0, 0.1) is 5.82 Å². The molecule has 0 saturated heterocycles. The van der Waals surface area contributed by atoms with Crippen LogP contribution in [0.2, 0.25) is 0 Å². The Bertz CT molecular complexity index is 528. The molecule has 1 atom stereocenters. The molecule has 19 heavy (non-hydrogen) atoms. The molecule has 0 aliphatic heterocycles. The summed E-state index contributed by atoms with van der Waals surface area (Å²) in [5.41, 5.74) is 0.844. The van der Waals surface area contributed by atoms with Crippen molar-refractivity contribution in [2.75, 3.05) is 14.2 Å². The van der Waals surface area contributed by atoms with E-state index in [9.17, 15) is 4.39 Å². The van der Waals surface area contributed by atoms with E-state index in [2.05, 4.69) is 0 Å². The molecule has 2 aromatic carbocycles. The molecule has 0 fully saturated rings. The van der Waals surface area contributed by atoms with Gasteiger partial charge in [0.1, 0.15) is 5.82 Å². The standard InChI is InChI=1S/C15H15FO3/c1-17-13-9-8-12(16)10-14(13)19-15(18-2)11-6-4-3-5-7-11/h3-10,15H,1-2H3. The molecular formula is C15H15FO3. The van der Waals surface area contributed by atoms with E-state index < -0.39 is 12.1 Å². The van der Waals surface area contributed by atoms with E-state index in [1.54, 1.807) is 0 Å². The van der Waals surface area contributed by atoms with Crippen LogP contribution in [0.4, 0.5) is 4.39 Å². The van der Waals surface area contributed by atoms with Gasteiger partial charge < -0.3 is 14.2 Å². The average molecular weight is 262 g/mol. The minimum atomic E-state index is -0.614. The Morgan fingerprint density at radius 2 is 1.68 bits per heavy atom. The Morgan fingerprint density at radius 1 is 0.947 bits per heavy atom. The largest absolute Gasteiger partial charge is 0.493 e. The third-order valence-corrected chi connectivity index (χ3v) is 2.65. The first-order valence-electron chi connectivity index (χ1n) is 5.82. The Labute approximate surface area is 111 Å².